The van der Waals surface area contributed by atoms with Gasteiger partial charge in [0.25, 0.3) is 0 Å². The van der Waals surface area contributed by atoms with Gasteiger partial charge in [0.05, 0.1) is 6.10 Å². The number of aliphatic hydroxyl groups is 1. The maximum absolute atomic E-state index is 13.1. The van der Waals surface area contributed by atoms with Gasteiger partial charge in [0, 0.05) is 12.6 Å². The van der Waals surface area contributed by atoms with Crippen molar-refractivity contribution < 1.29 is 9.50 Å². The fourth-order valence-corrected chi connectivity index (χ4v) is 2.36. The second-order valence-electron chi connectivity index (χ2n) is 4.97. The summed E-state index contributed by atoms with van der Waals surface area (Å²) in [6.07, 6.45) is 3.73. The normalized spacial score (nSPS) is 24.9. The molecule has 0 atom stereocenters. The van der Waals surface area contributed by atoms with Gasteiger partial charge >= 0.3 is 0 Å². The van der Waals surface area contributed by atoms with Crippen molar-refractivity contribution in [3.63, 3.8) is 0 Å². The van der Waals surface area contributed by atoms with E-state index in [1.54, 1.807) is 6.92 Å². The van der Waals surface area contributed by atoms with Gasteiger partial charge in [-0.25, -0.2) is 4.39 Å². The summed E-state index contributed by atoms with van der Waals surface area (Å²) < 4.78 is 13.1. The fraction of sp³-hybridized carbons (Fsp3) is 0.571. The molecular formula is C14H20FNO. The predicted molar refractivity (Wildman–Crippen MR) is 66.2 cm³/mol. The second-order valence-corrected chi connectivity index (χ2v) is 4.97. The highest BCUT2D eigenvalue weighted by Gasteiger charge is 2.18. The van der Waals surface area contributed by atoms with E-state index in [4.69, 9.17) is 0 Å². The quantitative estimate of drug-likeness (QED) is 0.846. The molecule has 0 radical (unpaired) electrons. The van der Waals surface area contributed by atoms with Gasteiger partial charge in [-0.3, -0.25) is 0 Å². The average molecular weight is 237 g/mol. The van der Waals surface area contributed by atoms with E-state index in [0.717, 1.165) is 37.8 Å². The van der Waals surface area contributed by atoms with Gasteiger partial charge in [0.1, 0.15) is 5.82 Å². The zero-order chi connectivity index (χ0) is 12.3. The Morgan fingerprint density at radius 1 is 1.29 bits per heavy atom. The van der Waals surface area contributed by atoms with Crippen molar-refractivity contribution in [1.29, 1.82) is 0 Å². The first-order valence-corrected chi connectivity index (χ1v) is 6.31. The summed E-state index contributed by atoms with van der Waals surface area (Å²) in [5, 5.41) is 12.9. The molecule has 0 aliphatic heterocycles. The Morgan fingerprint density at radius 3 is 2.65 bits per heavy atom. The van der Waals surface area contributed by atoms with Crippen molar-refractivity contribution in [2.45, 2.75) is 51.3 Å². The van der Waals surface area contributed by atoms with Crippen molar-refractivity contribution in [2.75, 3.05) is 0 Å². The number of benzene rings is 1. The number of halogens is 1. The summed E-state index contributed by atoms with van der Waals surface area (Å²) in [7, 11) is 0. The number of nitrogens with one attached hydrogen (secondary N) is 1. The molecule has 1 saturated carbocycles. The molecule has 0 bridgehead atoms. The lowest BCUT2D eigenvalue weighted by Gasteiger charge is -2.26. The van der Waals surface area contributed by atoms with E-state index in [9.17, 15) is 9.50 Å². The molecular weight excluding hydrogens is 217 g/mol. The molecule has 0 aromatic heterocycles. The molecule has 1 aromatic rings. The summed E-state index contributed by atoms with van der Waals surface area (Å²) in [5.74, 6) is -0.144. The summed E-state index contributed by atoms with van der Waals surface area (Å²) in [5.41, 5.74) is 1.82. The molecule has 2 N–H and O–H groups in total. The fourth-order valence-electron chi connectivity index (χ4n) is 2.36. The van der Waals surface area contributed by atoms with Crippen molar-refractivity contribution in [2.24, 2.45) is 0 Å². The summed E-state index contributed by atoms with van der Waals surface area (Å²) in [4.78, 5) is 0. The van der Waals surface area contributed by atoms with Crippen LogP contribution < -0.4 is 5.32 Å². The van der Waals surface area contributed by atoms with E-state index in [0.29, 0.717) is 11.6 Å². The van der Waals surface area contributed by atoms with Crippen LogP contribution in [0.25, 0.3) is 0 Å². The van der Waals surface area contributed by atoms with Crippen molar-refractivity contribution in [3.8, 4) is 0 Å². The SMILES string of the molecule is Cc1cc(CNC2CCC(O)CC2)ccc1F. The molecule has 0 saturated heterocycles. The first kappa shape index (κ1) is 12.5. The summed E-state index contributed by atoms with van der Waals surface area (Å²) in [6, 6.07) is 5.73. The van der Waals surface area contributed by atoms with Crippen LogP contribution in [0.5, 0.6) is 0 Å². The van der Waals surface area contributed by atoms with Crippen molar-refractivity contribution >= 4 is 0 Å². The molecule has 0 unspecified atom stereocenters. The molecule has 3 heteroatoms. The molecule has 0 heterocycles. The zero-order valence-electron chi connectivity index (χ0n) is 10.2. The van der Waals surface area contributed by atoms with Crippen LogP contribution in [0.15, 0.2) is 18.2 Å². The van der Waals surface area contributed by atoms with Crippen LogP contribution >= 0.6 is 0 Å². The van der Waals surface area contributed by atoms with Crippen LogP contribution in [0, 0.1) is 12.7 Å². The number of hydrogen-bond acceptors (Lipinski definition) is 2. The van der Waals surface area contributed by atoms with Crippen LogP contribution in [0.4, 0.5) is 4.39 Å². The summed E-state index contributed by atoms with van der Waals surface area (Å²) >= 11 is 0. The molecule has 94 valence electrons. The molecule has 1 aliphatic carbocycles. The average Bonchev–Trinajstić information content (AvgIpc) is 2.33. The van der Waals surface area contributed by atoms with E-state index in [-0.39, 0.29) is 11.9 Å². The Balaban J connectivity index is 1.83. The number of hydrogen-bond donors (Lipinski definition) is 2. The second kappa shape index (κ2) is 5.61. The highest BCUT2D eigenvalue weighted by atomic mass is 19.1. The molecule has 1 aliphatic rings. The lowest BCUT2D eigenvalue weighted by Crippen LogP contribution is -2.34. The van der Waals surface area contributed by atoms with Gasteiger partial charge in [-0.2, -0.15) is 0 Å². The van der Waals surface area contributed by atoms with Gasteiger partial charge in [-0.15, -0.1) is 0 Å². The Morgan fingerprint density at radius 2 is 2.00 bits per heavy atom. The van der Waals surface area contributed by atoms with Crippen molar-refractivity contribution in [1.82, 2.24) is 5.32 Å². The molecule has 2 rings (SSSR count). The van der Waals surface area contributed by atoms with E-state index in [2.05, 4.69) is 5.32 Å². The van der Waals surface area contributed by atoms with E-state index >= 15 is 0 Å². The Kier molecular flexibility index (Phi) is 4.13. The zero-order valence-corrected chi connectivity index (χ0v) is 10.2. The highest BCUT2D eigenvalue weighted by Crippen LogP contribution is 2.19. The predicted octanol–water partition coefficient (Wildman–Crippen LogP) is 2.53. The topological polar surface area (TPSA) is 32.3 Å². The highest BCUT2D eigenvalue weighted by molar-refractivity contribution is 5.23. The van der Waals surface area contributed by atoms with Crippen LogP contribution in [0.2, 0.25) is 0 Å². The van der Waals surface area contributed by atoms with E-state index in [1.165, 1.54) is 6.07 Å². The minimum absolute atomic E-state index is 0.110. The standard InChI is InChI=1S/C14H20FNO/c1-10-8-11(2-7-14(10)15)9-16-12-3-5-13(17)6-4-12/h2,7-8,12-13,16-17H,3-6,9H2,1H3. The maximum Gasteiger partial charge on any atom is 0.126 e. The third kappa shape index (κ3) is 3.51. The molecule has 1 aromatic carbocycles. The maximum atomic E-state index is 13.1. The third-order valence-corrected chi connectivity index (χ3v) is 3.51. The smallest absolute Gasteiger partial charge is 0.126 e. The lowest BCUT2D eigenvalue weighted by atomic mass is 9.93. The largest absolute Gasteiger partial charge is 0.393 e. The van der Waals surface area contributed by atoms with Gasteiger partial charge in [-0.1, -0.05) is 12.1 Å². The van der Waals surface area contributed by atoms with Crippen LogP contribution in [0.1, 0.15) is 36.8 Å². The van der Waals surface area contributed by atoms with Crippen LogP contribution in [-0.4, -0.2) is 17.3 Å². The number of rotatable bonds is 3. The van der Waals surface area contributed by atoms with E-state index < -0.39 is 0 Å². The molecule has 2 nitrogen and oxygen atoms in total. The number of aryl methyl sites for hydroxylation is 1. The molecule has 1 fully saturated rings. The van der Waals surface area contributed by atoms with Gasteiger partial charge in [0.15, 0.2) is 0 Å². The minimum atomic E-state index is -0.144. The van der Waals surface area contributed by atoms with Gasteiger partial charge in [-0.05, 0) is 49.8 Å². The van der Waals surface area contributed by atoms with Crippen molar-refractivity contribution in [3.05, 3.63) is 35.1 Å². The lowest BCUT2D eigenvalue weighted by molar-refractivity contribution is 0.116. The first-order valence-electron chi connectivity index (χ1n) is 6.31. The number of aliphatic hydroxyl groups excluding tert-OH is 1. The molecule has 17 heavy (non-hydrogen) atoms. The first-order chi connectivity index (χ1) is 8.15. The third-order valence-electron chi connectivity index (χ3n) is 3.51. The summed E-state index contributed by atoms with van der Waals surface area (Å²) in [6.45, 7) is 2.57. The molecule has 0 amide bonds. The van der Waals surface area contributed by atoms with Crippen LogP contribution in [0.3, 0.4) is 0 Å². The van der Waals surface area contributed by atoms with Crippen LogP contribution in [-0.2, 0) is 6.54 Å². The Hall–Kier alpha value is -0.930. The molecule has 0 spiro atoms. The minimum Gasteiger partial charge on any atom is -0.393 e. The monoisotopic (exact) mass is 237 g/mol. The Bertz CT molecular complexity index is 372. The van der Waals surface area contributed by atoms with E-state index in [1.807, 2.05) is 12.1 Å². The van der Waals surface area contributed by atoms with Gasteiger partial charge < -0.3 is 10.4 Å². The Labute approximate surface area is 102 Å². The van der Waals surface area contributed by atoms with Gasteiger partial charge in [0.2, 0.25) is 0 Å².